The number of carboxylic acid groups (broad SMARTS) is 1. The lowest BCUT2D eigenvalue weighted by Gasteiger charge is -2.27. The number of benzene rings is 1. The van der Waals surface area contributed by atoms with Crippen LogP contribution in [0.4, 0.5) is 4.79 Å². The highest BCUT2D eigenvalue weighted by molar-refractivity contribution is 8.00. The van der Waals surface area contributed by atoms with Crippen LogP contribution in [0.3, 0.4) is 0 Å². The summed E-state index contributed by atoms with van der Waals surface area (Å²) in [5.41, 5.74) is 2.15. The van der Waals surface area contributed by atoms with Gasteiger partial charge in [-0.1, -0.05) is 31.2 Å². The molecule has 5 nitrogen and oxygen atoms in total. The Labute approximate surface area is 128 Å². The minimum absolute atomic E-state index is 0.0667. The monoisotopic (exact) mass is 308 g/mol. The molecule has 1 aromatic carbocycles. The zero-order valence-electron chi connectivity index (χ0n) is 12.2. The van der Waals surface area contributed by atoms with E-state index in [0.29, 0.717) is 12.3 Å². The fourth-order valence-electron chi connectivity index (χ4n) is 2.41. The molecule has 0 aliphatic carbocycles. The van der Waals surface area contributed by atoms with Gasteiger partial charge in [0.25, 0.3) is 0 Å². The first-order valence-electron chi connectivity index (χ1n) is 6.99. The van der Waals surface area contributed by atoms with E-state index < -0.39 is 12.0 Å². The van der Waals surface area contributed by atoms with Gasteiger partial charge in [0.1, 0.15) is 6.04 Å². The van der Waals surface area contributed by atoms with E-state index in [2.05, 4.69) is 5.32 Å². The van der Waals surface area contributed by atoms with Crippen molar-refractivity contribution in [1.82, 2.24) is 10.2 Å². The number of aryl methyl sites for hydroxylation is 1. The van der Waals surface area contributed by atoms with Crippen molar-refractivity contribution in [3.8, 4) is 0 Å². The van der Waals surface area contributed by atoms with Crippen molar-refractivity contribution in [2.45, 2.75) is 38.2 Å². The number of rotatable bonds is 4. The Morgan fingerprint density at radius 2 is 2.14 bits per heavy atom. The van der Waals surface area contributed by atoms with Gasteiger partial charge in [0.2, 0.25) is 0 Å². The van der Waals surface area contributed by atoms with E-state index in [0.717, 1.165) is 17.5 Å². The van der Waals surface area contributed by atoms with Crippen LogP contribution in [0, 0.1) is 6.92 Å². The molecule has 0 radical (unpaired) electrons. The predicted octanol–water partition coefficient (Wildman–Crippen LogP) is 2.44. The molecule has 6 heteroatoms. The number of carbonyl (C=O) groups excluding carboxylic acids is 1. The molecule has 2 unspecified atom stereocenters. The molecule has 114 valence electrons. The van der Waals surface area contributed by atoms with Gasteiger partial charge in [0.05, 0.1) is 5.37 Å². The minimum atomic E-state index is -0.940. The van der Waals surface area contributed by atoms with Gasteiger partial charge >= 0.3 is 12.0 Å². The van der Waals surface area contributed by atoms with Crippen LogP contribution in [0.5, 0.6) is 0 Å². The molecule has 0 spiro atoms. The minimum Gasteiger partial charge on any atom is -0.480 e. The molecule has 1 heterocycles. The number of hydrogen-bond donors (Lipinski definition) is 2. The molecule has 0 aromatic heterocycles. The van der Waals surface area contributed by atoms with Crippen molar-refractivity contribution in [3.05, 3.63) is 35.4 Å². The fourth-order valence-corrected chi connectivity index (χ4v) is 3.76. The van der Waals surface area contributed by atoms with Gasteiger partial charge in [0, 0.05) is 12.3 Å². The van der Waals surface area contributed by atoms with Gasteiger partial charge in [-0.2, -0.15) is 0 Å². The molecule has 1 saturated heterocycles. The molecular formula is C15H20N2O3S. The molecule has 21 heavy (non-hydrogen) atoms. The maximum Gasteiger partial charge on any atom is 0.327 e. The standard InChI is InChI=1S/C15H20N2O3S/c1-3-13-17(12(9-21-13)14(18)19)15(20)16-8-11-7-5-4-6-10(11)2/h4-7,12-13H,3,8-9H2,1-2H3,(H,16,20)(H,18,19). The second-order valence-corrected chi connectivity index (χ2v) is 6.25. The Hall–Kier alpha value is -1.69. The number of urea groups is 1. The zero-order valence-corrected chi connectivity index (χ0v) is 13.0. The third kappa shape index (κ3) is 3.50. The number of carboxylic acids is 1. The van der Waals surface area contributed by atoms with E-state index in [-0.39, 0.29) is 11.4 Å². The van der Waals surface area contributed by atoms with E-state index in [1.54, 1.807) is 0 Å². The van der Waals surface area contributed by atoms with E-state index in [9.17, 15) is 14.7 Å². The van der Waals surface area contributed by atoms with Gasteiger partial charge in [-0.25, -0.2) is 9.59 Å². The van der Waals surface area contributed by atoms with Crippen molar-refractivity contribution in [2.75, 3.05) is 5.75 Å². The molecular weight excluding hydrogens is 288 g/mol. The Balaban J connectivity index is 2.04. The Kier molecular flexibility index (Phi) is 5.12. The van der Waals surface area contributed by atoms with Gasteiger partial charge in [-0.05, 0) is 24.5 Å². The molecule has 1 aromatic rings. The highest BCUT2D eigenvalue weighted by atomic mass is 32.2. The summed E-state index contributed by atoms with van der Waals surface area (Å²) in [5.74, 6) is -0.490. The van der Waals surface area contributed by atoms with Gasteiger partial charge in [0.15, 0.2) is 0 Å². The van der Waals surface area contributed by atoms with E-state index >= 15 is 0 Å². The third-order valence-corrected chi connectivity index (χ3v) is 5.11. The molecule has 2 N–H and O–H groups in total. The highest BCUT2D eigenvalue weighted by Gasteiger charge is 2.40. The molecule has 1 aliphatic heterocycles. The predicted molar refractivity (Wildman–Crippen MR) is 83.2 cm³/mol. The van der Waals surface area contributed by atoms with Crippen LogP contribution >= 0.6 is 11.8 Å². The first-order valence-corrected chi connectivity index (χ1v) is 8.04. The van der Waals surface area contributed by atoms with E-state index in [1.165, 1.54) is 16.7 Å². The Bertz CT molecular complexity index is 535. The van der Waals surface area contributed by atoms with Crippen molar-refractivity contribution >= 4 is 23.8 Å². The Morgan fingerprint density at radius 3 is 2.76 bits per heavy atom. The maximum absolute atomic E-state index is 12.4. The molecule has 2 amide bonds. The topological polar surface area (TPSA) is 69.6 Å². The molecule has 1 aliphatic rings. The largest absolute Gasteiger partial charge is 0.480 e. The van der Waals surface area contributed by atoms with Crippen LogP contribution in [0.1, 0.15) is 24.5 Å². The number of aliphatic carboxylic acids is 1. The molecule has 2 rings (SSSR count). The number of amides is 2. The zero-order chi connectivity index (χ0) is 15.4. The maximum atomic E-state index is 12.4. The average Bonchev–Trinajstić information content (AvgIpc) is 2.90. The number of thioether (sulfide) groups is 1. The lowest BCUT2D eigenvalue weighted by Crippen LogP contribution is -2.49. The normalized spacial score (nSPS) is 21.3. The first kappa shape index (κ1) is 15.7. The first-order chi connectivity index (χ1) is 10.0. The summed E-state index contributed by atoms with van der Waals surface area (Å²) in [6, 6.07) is 6.78. The van der Waals surface area contributed by atoms with Gasteiger partial charge < -0.3 is 10.4 Å². The van der Waals surface area contributed by atoms with Crippen molar-refractivity contribution in [3.63, 3.8) is 0 Å². The Morgan fingerprint density at radius 1 is 1.43 bits per heavy atom. The van der Waals surface area contributed by atoms with Crippen molar-refractivity contribution in [2.24, 2.45) is 0 Å². The number of nitrogens with one attached hydrogen (secondary N) is 1. The quantitative estimate of drug-likeness (QED) is 0.896. The third-order valence-electron chi connectivity index (χ3n) is 3.65. The van der Waals surface area contributed by atoms with Gasteiger partial charge in [-0.15, -0.1) is 11.8 Å². The summed E-state index contributed by atoms with van der Waals surface area (Å²) < 4.78 is 0. The average molecular weight is 308 g/mol. The second-order valence-electron chi connectivity index (χ2n) is 5.04. The number of carbonyl (C=O) groups is 2. The van der Waals surface area contributed by atoms with Crippen molar-refractivity contribution < 1.29 is 14.7 Å². The molecule has 2 atom stereocenters. The van der Waals surface area contributed by atoms with Crippen LogP contribution in [-0.4, -0.2) is 39.2 Å². The van der Waals surface area contributed by atoms with Crippen LogP contribution in [-0.2, 0) is 11.3 Å². The fraction of sp³-hybridized carbons (Fsp3) is 0.467. The van der Waals surface area contributed by atoms with Gasteiger partial charge in [-0.3, -0.25) is 4.90 Å². The summed E-state index contributed by atoms with van der Waals surface area (Å²) in [6.45, 7) is 4.36. The molecule has 0 bridgehead atoms. The summed E-state index contributed by atoms with van der Waals surface area (Å²) in [4.78, 5) is 25.1. The highest BCUT2D eigenvalue weighted by Crippen LogP contribution is 2.31. The lowest BCUT2D eigenvalue weighted by atomic mass is 10.1. The molecule has 1 fully saturated rings. The summed E-state index contributed by atoms with van der Waals surface area (Å²) in [7, 11) is 0. The molecule has 0 saturated carbocycles. The van der Waals surface area contributed by atoms with E-state index in [1.807, 2.05) is 38.1 Å². The van der Waals surface area contributed by atoms with Crippen molar-refractivity contribution in [1.29, 1.82) is 0 Å². The number of hydrogen-bond acceptors (Lipinski definition) is 3. The number of nitrogens with zero attached hydrogens (tertiary/aromatic N) is 1. The lowest BCUT2D eigenvalue weighted by molar-refractivity contribution is -0.141. The van der Waals surface area contributed by atoms with E-state index in [4.69, 9.17) is 0 Å². The second kappa shape index (κ2) is 6.85. The summed E-state index contributed by atoms with van der Waals surface area (Å²) in [6.07, 6.45) is 0.742. The van der Waals surface area contributed by atoms with Crippen LogP contribution in [0.2, 0.25) is 0 Å². The van der Waals surface area contributed by atoms with Crippen LogP contribution < -0.4 is 5.32 Å². The van der Waals surface area contributed by atoms with Crippen LogP contribution in [0.25, 0.3) is 0 Å². The summed E-state index contributed by atoms with van der Waals surface area (Å²) >= 11 is 1.52. The summed E-state index contributed by atoms with van der Waals surface area (Å²) in [5, 5.41) is 12.0. The SMILES string of the molecule is CCC1SCC(C(=O)O)N1C(=O)NCc1ccccc1C. The van der Waals surface area contributed by atoms with Crippen LogP contribution in [0.15, 0.2) is 24.3 Å². The smallest absolute Gasteiger partial charge is 0.327 e.